The van der Waals surface area contributed by atoms with Crippen molar-refractivity contribution in [3.63, 3.8) is 0 Å². The molecular weight excluding hydrogens is 130 g/mol. The highest BCUT2D eigenvalue weighted by Gasteiger charge is 2.24. The van der Waals surface area contributed by atoms with Crippen molar-refractivity contribution in [1.82, 2.24) is 0 Å². The number of carboxylic acid groups (broad SMARTS) is 1. The van der Waals surface area contributed by atoms with E-state index < -0.39 is 11.9 Å². The highest BCUT2D eigenvalue weighted by molar-refractivity contribution is 6.00. The van der Waals surface area contributed by atoms with Gasteiger partial charge in [-0.25, -0.2) is 0 Å². The summed E-state index contributed by atoms with van der Waals surface area (Å²) in [6.45, 7) is 0. The first-order chi connectivity index (χ1) is 4.72. The van der Waals surface area contributed by atoms with Crippen LogP contribution in [-0.4, -0.2) is 16.8 Å². The van der Waals surface area contributed by atoms with Gasteiger partial charge in [0, 0.05) is 5.71 Å². The zero-order valence-electron chi connectivity index (χ0n) is 5.76. The molecule has 10 heavy (non-hydrogen) atoms. The lowest BCUT2D eigenvalue weighted by Gasteiger charge is -2.18. The van der Waals surface area contributed by atoms with E-state index in [1.807, 2.05) is 0 Å². The Morgan fingerprint density at radius 2 is 2.30 bits per heavy atom. The minimum Gasteiger partial charge on any atom is -0.481 e. The summed E-state index contributed by atoms with van der Waals surface area (Å²) in [5, 5.41) is 15.9. The van der Waals surface area contributed by atoms with Crippen LogP contribution in [-0.2, 0) is 4.79 Å². The van der Waals surface area contributed by atoms with Crippen molar-refractivity contribution in [3.05, 3.63) is 0 Å². The van der Waals surface area contributed by atoms with Gasteiger partial charge >= 0.3 is 5.97 Å². The Balaban J connectivity index is 2.56. The van der Waals surface area contributed by atoms with Gasteiger partial charge in [-0.1, -0.05) is 6.42 Å². The standard InChI is InChI=1S/C7H11NO2/c8-6-4-2-1-3-5(6)7(9)10/h5,8H,1-4H2,(H,9,10). The van der Waals surface area contributed by atoms with Crippen molar-refractivity contribution in [2.75, 3.05) is 0 Å². The summed E-state index contributed by atoms with van der Waals surface area (Å²) in [6, 6.07) is 0. The second-order valence-corrected chi connectivity index (χ2v) is 2.66. The van der Waals surface area contributed by atoms with Crippen LogP contribution in [0.25, 0.3) is 0 Å². The highest BCUT2D eigenvalue weighted by Crippen LogP contribution is 2.20. The average molecular weight is 141 g/mol. The lowest BCUT2D eigenvalue weighted by Crippen LogP contribution is -2.26. The molecule has 0 bridgehead atoms. The second-order valence-electron chi connectivity index (χ2n) is 2.66. The monoisotopic (exact) mass is 141 g/mol. The lowest BCUT2D eigenvalue weighted by atomic mass is 9.87. The highest BCUT2D eigenvalue weighted by atomic mass is 16.4. The Morgan fingerprint density at radius 3 is 2.70 bits per heavy atom. The van der Waals surface area contributed by atoms with Crippen LogP contribution in [0.1, 0.15) is 25.7 Å². The van der Waals surface area contributed by atoms with E-state index in [0.29, 0.717) is 18.6 Å². The summed E-state index contributed by atoms with van der Waals surface area (Å²) in [4.78, 5) is 10.4. The molecule has 0 aromatic carbocycles. The van der Waals surface area contributed by atoms with Crippen LogP contribution < -0.4 is 0 Å². The predicted octanol–water partition coefficient (Wildman–Crippen LogP) is 1.28. The van der Waals surface area contributed by atoms with Gasteiger partial charge in [-0.3, -0.25) is 4.79 Å². The number of aliphatic carboxylic acids is 1. The third-order valence-electron chi connectivity index (χ3n) is 1.91. The van der Waals surface area contributed by atoms with Gasteiger partial charge in [-0.2, -0.15) is 0 Å². The third kappa shape index (κ3) is 1.35. The molecule has 0 spiro atoms. The maximum atomic E-state index is 10.4. The van der Waals surface area contributed by atoms with Crippen molar-refractivity contribution in [3.8, 4) is 0 Å². The second kappa shape index (κ2) is 2.82. The molecular formula is C7H11NO2. The van der Waals surface area contributed by atoms with Gasteiger partial charge in [0.05, 0.1) is 5.92 Å². The molecule has 3 heteroatoms. The molecule has 1 rings (SSSR count). The van der Waals surface area contributed by atoms with Crippen molar-refractivity contribution in [1.29, 1.82) is 5.41 Å². The van der Waals surface area contributed by atoms with E-state index >= 15 is 0 Å². The molecule has 1 aliphatic rings. The average Bonchev–Trinajstić information content (AvgIpc) is 1.88. The fourth-order valence-corrected chi connectivity index (χ4v) is 1.28. The summed E-state index contributed by atoms with van der Waals surface area (Å²) < 4.78 is 0. The van der Waals surface area contributed by atoms with Crippen molar-refractivity contribution in [2.24, 2.45) is 5.92 Å². The lowest BCUT2D eigenvalue weighted by molar-refractivity contribution is -0.139. The fraction of sp³-hybridized carbons (Fsp3) is 0.714. The van der Waals surface area contributed by atoms with Crippen LogP contribution in [0.5, 0.6) is 0 Å². The maximum Gasteiger partial charge on any atom is 0.312 e. The molecule has 1 fully saturated rings. The smallest absolute Gasteiger partial charge is 0.312 e. The first-order valence-electron chi connectivity index (χ1n) is 3.52. The molecule has 1 unspecified atom stereocenters. The summed E-state index contributed by atoms with van der Waals surface area (Å²) in [5.41, 5.74) is 0.402. The first kappa shape index (κ1) is 7.25. The van der Waals surface area contributed by atoms with Crippen LogP contribution in [0.2, 0.25) is 0 Å². The first-order valence-corrected chi connectivity index (χ1v) is 3.52. The minimum absolute atomic E-state index is 0.402. The molecule has 1 aliphatic carbocycles. The molecule has 1 atom stereocenters. The van der Waals surface area contributed by atoms with Gasteiger partial charge in [0.2, 0.25) is 0 Å². The van der Waals surface area contributed by atoms with Gasteiger partial charge in [0.25, 0.3) is 0 Å². The molecule has 0 radical (unpaired) electrons. The molecule has 3 nitrogen and oxygen atoms in total. The Kier molecular flexibility index (Phi) is 2.04. The normalized spacial score (nSPS) is 26.4. The summed E-state index contributed by atoms with van der Waals surface area (Å²) >= 11 is 0. The number of carbonyl (C=O) groups is 1. The Hall–Kier alpha value is -0.860. The van der Waals surface area contributed by atoms with E-state index in [2.05, 4.69) is 0 Å². The van der Waals surface area contributed by atoms with Crippen LogP contribution >= 0.6 is 0 Å². The van der Waals surface area contributed by atoms with Crippen molar-refractivity contribution >= 4 is 11.7 Å². The van der Waals surface area contributed by atoms with Gasteiger partial charge < -0.3 is 10.5 Å². The molecule has 1 saturated carbocycles. The van der Waals surface area contributed by atoms with Gasteiger partial charge in [0.1, 0.15) is 0 Å². The molecule has 56 valence electrons. The molecule has 0 aromatic heterocycles. The number of nitrogens with one attached hydrogen (secondary N) is 1. The fourth-order valence-electron chi connectivity index (χ4n) is 1.28. The molecule has 0 aliphatic heterocycles. The van der Waals surface area contributed by atoms with E-state index in [4.69, 9.17) is 10.5 Å². The maximum absolute atomic E-state index is 10.4. The van der Waals surface area contributed by atoms with Crippen LogP contribution in [0.3, 0.4) is 0 Å². The topological polar surface area (TPSA) is 61.2 Å². The van der Waals surface area contributed by atoms with Crippen LogP contribution in [0, 0.1) is 11.3 Å². The summed E-state index contributed by atoms with van der Waals surface area (Å²) in [5.74, 6) is -1.31. The van der Waals surface area contributed by atoms with Crippen LogP contribution in [0.15, 0.2) is 0 Å². The molecule has 0 heterocycles. The Bertz CT molecular complexity index is 165. The van der Waals surface area contributed by atoms with E-state index in [0.717, 1.165) is 12.8 Å². The van der Waals surface area contributed by atoms with E-state index in [9.17, 15) is 4.79 Å². The van der Waals surface area contributed by atoms with Gasteiger partial charge in [-0.15, -0.1) is 0 Å². The molecule has 0 amide bonds. The predicted molar refractivity (Wildman–Crippen MR) is 37.3 cm³/mol. The number of rotatable bonds is 1. The molecule has 0 saturated heterocycles. The van der Waals surface area contributed by atoms with E-state index in [1.54, 1.807) is 0 Å². The van der Waals surface area contributed by atoms with E-state index in [-0.39, 0.29) is 0 Å². The van der Waals surface area contributed by atoms with Crippen molar-refractivity contribution in [2.45, 2.75) is 25.7 Å². The summed E-state index contributed by atoms with van der Waals surface area (Å²) in [7, 11) is 0. The largest absolute Gasteiger partial charge is 0.481 e. The SMILES string of the molecule is N=C1CCCCC1C(=O)O. The van der Waals surface area contributed by atoms with Crippen molar-refractivity contribution < 1.29 is 9.90 Å². The third-order valence-corrected chi connectivity index (χ3v) is 1.91. The molecule has 2 N–H and O–H groups in total. The Morgan fingerprint density at radius 1 is 1.60 bits per heavy atom. The Labute approximate surface area is 59.6 Å². The van der Waals surface area contributed by atoms with E-state index in [1.165, 1.54) is 0 Å². The summed E-state index contributed by atoms with van der Waals surface area (Å²) in [6.07, 6.45) is 3.28. The zero-order valence-corrected chi connectivity index (χ0v) is 5.76. The number of hydrogen-bond donors (Lipinski definition) is 2. The van der Waals surface area contributed by atoms with Crippen LogP contribution in [0.4, 0.5) is 0 Å². The molecule has 0 aromatic rings. The quantitative estimate of drug-likeness (QED) is 0.577. The van der Waals surface area contributed by atoms with Gasteiger partial charge in [-0.05, 0) is 19.3 Å². The zero-order chi connectivity index (χ0) is 7.56. The minimum atomic E-state index is -0.829. The van der Waals surface area contributed by atoms with Gasteiger partial charge in [0.15, 0.2) is 0 Å². The number of carboxylic acids is 1. The number of hydrogen-bond acceptors (Lipinski definition) is 2.